The van der Waals surface area contributed by atoms with Gasteiger partial charge in [-0.1, -0.05) is 12.8 Å². The van der Waals surface area contributed by atoms with E-state index in [1.54, 1.807) is 11.3 Å². The average molecular weight is 292 g/mol. The highest BCUT2D eigenvalue weighted by Crippen LogP contribution is 2.38. The average Bonchev–Trinajstić information content (AvgIpc) is 2.50. The highest BCUT2D eigenvalue weighted by Gasteiger charge is 2.29. The molecule has 0 aromatic carbocycles. The van der Waals surface area contributed by atoms with Crippen LogP contribution in [0, 0.1) is 5.92 Å². The van der Waals surface area contributed by atoms with Gasteiger partial charge in [0, 0.05) is 10.8 Å². The standard InChI is InChI=1S/C15H20N2O2S/c16-13(18)12-10-7-2-1-3-8-11(10)20-15(12)17-14(19)9-5-4-6-9/h9H,1-8H2,(H2,16,18)(H,17,19). The Balaban J connectivity index is 1.89. The Hall–Kier alpha value is -1.36. The van der Waals surface area contributed by atoms with Gasteiger partial charge >= 0.3 is 0 Å². The van der Waals surface area contributed by atoms with Crippen LogP contribution >= 0.6 is 11.3 Å². The molecule has 0 atom stereocenters. The van der Waals surface area contributed by atoms with Crippen LogP contribution in [-0.4, -0.2) is 11.8 Å². The second kappa shape index (κ2) is 5.56. The molecule has 3 N–H and O–H groups in total. The molecule has 1 heterocycles. The van der Waals surface area contributed by atoms with Gasteiger partial charge in [-0.3, -0.25) is 9.59 Å². The summed E-state index contributed by atoms with van der Waals surface area (Å²) < 4.78 is 0. The summed E-state index contributed by atoms with van der Waals surface area (Å²) in [5, 5.41) is 3.63. The van der Waals surface area contributed by atoms with Gasteiger partial charge in [0.2, 0.25) is 5.91 Å². The van der Waals surface area contributed by atoms with Gasteiger partial charge in [0.25, 0.3) is 5.91 Å². The van der Waals surface area contributed by atoms with Gasteiger partial charge in [-0.25, -0.2) is 0 Å². The number of carbonyl (C=O) groups is 2. The van der Waals surface area contributed by atoms with Crippen molar-refractivity contribution in [3.05, 3.63) is 16.0 Å². The van der Waals surface area contributed by atoms with E-state index in [1.807, 2.05) is 0 Å². The topological polar surface area (TPSA) is 72.2 Å². The van der Waals surface area contributed by atoms with Crippen LogP contribution in [0.25, 0.3) is 0 Å². The van der Waals surface area contributed by atoms with Crippen LogP contribution in [-0.2, 0) is 17.6 Å². The first-order valence-corrected chi connectivity index (χ1v) is 8.23. The summed E-state index contributed by atoms with van der Waals surface area (Å²) >= 11 is 1.55. The monoisotopic (exact) mass is 292 g/mol. The Kier molecular flexibility index (Phi) is 3.78. The summed E-state index contributed by atoms with van der Waals surface area (Å²) in [4.78, 5) is 25.1. The van der Waals surface area contributed by atoms with E-state index in [-0.39, 0.29) is 11.8 Å². The van der Waals surface area contributed by atoms with Crippen LogP contribution in [0.15, 0.2) is 0 Å². The van der Waals surface area contributed by atoms with Crippen molar-refractivity contribution in [3.63, 3.8) is 0 Å². The van der Waals surface area contributed by atoms with Gasteiger partial charge in [-0.2, -0.15) is 0 Å². The number of nitrogens with two attached hydrogens (primary N) is 1. The van der Waals surface area contributed by atoms with Crippen molar-refractivity contribution in [2.24, 2.45) is 11.7 Å². The fourth-order valence-corrected chi connectivity index (χ4v) is 4.27. The molecule has 0 unspecified atom stereocenters. The zero-order valence-corrected chi connectivity index (χ0v) is 12.4. The summed E-state index contributed by atoms with van der Waals surface area (Å²) in [5.41, 5.74) is 7.20. The van der Waals surface area contributed by atoms with Crippen LogP contribution < -0.4 is 11.1 Å². The second-order valence-electron chi connectivity index (χ2n) is 5.75. The molecule has 1 saturated carbocycles. The molecule has 1 aromatic rings. The maximum absolute atomic E-state index is 12.1. The molecule has 2 aliphatic carbocycles. The Morgan fingerprint density at radius 3 is 2.50 bits per heavy atom. The molecule has 0 saturated heterocycles. The minimum atomic E-state index is -0.409. The third kappa shape index (κ3) is 2.46. The number of carbonyl (C=O) groups excluding carboxylic acids is 2. The number of thiophene rings is 1. The summed E-state index contributed by atoms with van der Waals surface area (Å²) in [6, 6.07) is 0. The summed E-state index contributed by atoms with van der Waals surface area (Å²) in [5.74, 6) is -0.235. The number of primary amides is 1. The lowest BCUT2D eigenvalue weighted by Gasteiger charge is -2.23. The molecule has 1 aromatic heterocycles. The smallest absolute Gasteiger partial charge is 0.251 e. The van der Waals surface area contributed by atoms with E-state index in [0.717, 1.165) is 50.5 Å². The molecule has 3 rings (SSSR count). The van der Waals surface area contributed by atoms with Gasteiger partial charge in [0.15, 0.2) is 0 Å². The van der Waals surface area contributed by atoms with Crippen LogP contribution in [0.2, 0.25) is 0 Å². The summed E-state index contributed by atoms with van der Waals surface area (Å²) in [6.07, 6.45) is 8.40. The van der Waals surface area contributed by atoms with Crippen molar-refractivity contribution in [1.82, 2.24) is 0 Å². The molecule has 5 heteroatoms. The Morgan fingerprint density at radius 1 is 1.10 bits per heavy atom. The van der Waals surface area contributed by atoms with Gasteiger partial charge in [-0.05, 0) is 44.1 Å². The lowest BCUT2D eigenvalue weighted by atomic mass is 9.85. The quantitative estimate of drug-likeness (QED) is 0.841. The number of nitrogens with one attached hydrogen (secondary N) is 1. The normalized spacial score (nSPS) is 18.8. The molecular weight excluding hydrogens is 272 g/mol. The van der Waals surface area contributed by atoms with Crippen molar-refractivity contribution < 1.29 is 9.59 Å². The van der Waals surface area contributed by atoms with E-state index in [2.05, 4.69) is 5.32 Å². The predicted octanol–water partition coefficient (Wildman–Crippen LogP) is 2.85. The molecule has 0 spiro atoms. The Morgan fingerprint density at radius 2 is 1.85 bits per heavy atom. The third-order valence-electron chi connectivity index (χ3n) is 4.38. The van der Waals surface area contributed by atoms with Crippen LogP contribution in [0.4, 0.5) is 5.00 Å². The number of aryl methyl sites for hydroxylation is 1. The SMILES string of the molecule is NC(=O)c1c(NC(=O)C2CCC2)sc2c1CCCCC2. The lowest BCUT2D eigenvalue weighted by molar-refractivity contribution is -0.122. The number of rotatable bonds is 3. The summed E-state index contributed by atoms with van der Waals surface area (Å²) in [6.45, 7) is 0. The first-order valence-electron chi connectivity index (χ1n) is 7.42. The highest BCUT2D eigenvalue weighted by atomic mass is 32.1. The van der Waals surface area contributed by atoms with Crippen molar-refractivity contribution in [2.45, 2.75) is 51.4 Å². The highest BCUT2D eigenvalue weighted by molar-refractivity contribution is 7.17. The minimum Gasteiger partial charge on any atom is -0.365 e. The van der Waals surface area contributed by atoms with Crippen molar-refractivity contribution in [1.29, 1.82) is 0 Å². The number of amides is 2. The van der Waals surface area contributed by atoms with Gasteiger partial charge in [0.1, 0.15) is 5.00 Å². The number of hydrogen-bond donors (Lipinski definition) is 2. The predicted molar refractivity (Wildman–Crippen MR) is 80.1 cm³/mol. The molecule has 108 valence electrons. The van der Waals surface area contributed by atoms with Crippen molar-refractivity contribution in [2.75, 3.05) is 5.32 Å². The Bertz CT molecular complexity index is 546. The molecule has 4 nitrogen and oxygen atoms in total. The number of fused-ring (bicyclic) bond motifs is 1. The lowest BCUT2D eigenvalue weighted by Crippen LogP contribution is -2.28. The zero-order valence-electron chi connectivity index (χ0n) is 11.5. The van der Waals surface area contributed by atoms with Gasteiger partial charge < -0.3 is 11.1 Å². The molecule has 1 fully saturated rings. The summed E-state index contributed by atoms with van der Waals surface area (Å²) in [7, 11) is 0. The van der Waals surface area contributed by atoms with Gasteiger partial charge in [0.05, 0.1) is 5.56 Å². The van der Waals surface area contributed by atoms with E-state index in [0.29, 0.717) is 10.6 Å². The zero-order chi connectivity index (χ0) is 14.1. The molecular formula is C15H20N2O2S. The fourth-order valence-electron chi connectivity index (χ4n) is 2.98. The van der Waals surface area contributed by atoms with Crippen LogP contribution in [0.1, 0.15) is 59.3 Å². The van der Waals surface area contributed by atoms with E-state index < -0.39 is 5.91 Å². The van der Waals surface area contributed by atoms with Crippen LogP contribution in [0.5, 0.6) is 0 Å². The maximum Gasteiger partial charge on any atom is 0.251 e. The molecule has 0 bridgehead atoms. The van der Waals surface area contributed by atoms with Crippen LogP contribution in [0.3, 0.4) is 0 Å². The molecule has 20 heavy (non-hydrogen) atoms. The maximum atomic E-state index is 12.1. The van der Waals surface area contributed by atoms with E-state index >= 15 is 0 Å². The first-order chi connectivity index (χ1) is 9.66. The molecule has 2 amide bonds. The first kappa shape index (κ1) is 13.6. The molecule has 0 radical (unpaired) electrons. The largest absolute Gasteiger partial charge is 0.365 e. The van der Waals surface area contributed by atoms with E-state index in [9.17, 15) is 9.59 Å². The molecule has 2 aliphatic rings. The number of hydrogen-bond acceptors (Lipinski definition) is 3. The van der Waals surface area contributed by atoms with E-state index in [1.165, 1.54) is 11.3 Å². The van der Waals surface area contributed by atoms with Gasteiger partial charge in [-0.15, -0.1) is 11.3 Å². The molecule has 0 aliphatic heterocycles. The number of anilines is 1. The Labute approximate surface area is 122 Å². The van der Waals surface area contributed by atoms with Crippen molar-refractivity contribution in [3.8, 4) is 0 Å². The fraction of sp³-hybridized carbons (Fsp3) is 0.600. The van der Waals surface area contributed by atoms with E-state index in [4.69, 9.17) is 5.73 Å². The second-order valence-corrected chi connectivity index (χ2v) is 6.86. The minimum absolute atomic E-state index is 0.0511. The third-order valence-corrected chi connectivity index (χ3v) is 5.59. The van der Waals surface area contributed by atoms with Crippen molar-refractivity contribution >= 4 is 28.2 Å².